The highest BCUT2D eigenvalue weighted by atomic mass is 16.4. The third kappa shape index (κ3) is 2.78. The van der Waals surface area contributed by atoms with Gasteiger partial charge in [0, 0.05) is 12.5 Å². The van der Waals surface area contributed by atoms with Crippen LogP contribution in [0.25, 0.3) is 11.0 Å². The van der Waals surface area contributed by atoms with Crippen LogP contribution in [0.5, 0.6) is 0 Å². The number of aromatic nitrogens is 2. The third-order valence-electron chi connectivity index (χ3n) is 3.97. The van der Waals surface area contributed by atoms with E-state index in [0.717, 1.165) is 30.9 Å². The summed E-state index contributed by atoms with van der Waals surface area (Å²) in [4.78, 5) is 18.2. The van der Waals surface area contributed by atoms with Crippen LogP contribution < -0.4 is 0 Å². The number of carbonyl (C=O) groups is 1. The van der Waals surface area contributed by atoms with E-state index in [-0.39, 0.29) is 0 Å². The fourth-order valence-corrected chi connectivity index (χ4v) is 2.77. The standard InChI is InChI=1S/C16H21N3O2/c1-18(2)9-4-10-19-13-6-3-5-12(16(20)21)14(13)17-15(19)11-7-8-11/h3,5-6,11H,4,7-10H2,1-2H3,(H,20,21). The predicted molar refractivity (Wildman–Crippen MR) is 81.8 cm³/mol. The number of benzene rings is 1. The zero-order chi connectivity index (χ0) is 15.0. The minimum Gasteiger partial charge on any atom is -0.478 e. The molecule has 0 atom stereocenters. The number of fused-ring (bicyclic) bond motifs is 1. The van der Waals surface area contributed by atoms with Gasteiger partial charge < -0.3 is 14.6 Å². The summed E-state index contributed by atoms with van der Waals surface area (Å²) in [6.45, 7) is 1.91. The molecule has 0 bridgehead atoms. The summed E-state index contributed by atoms with van der Waals surface area (Å²) >= 11 is 0. The van der Waals surface area contributed by atoms with Gasteiger partial charge in [-0.15, -0.1) is 0 Å². The van der Waals surface area contributed by atoms with Gasteiger partial charge in [0.2, 0.25) is 0 Å². The lowest BCUT2D eigenvalue weighted by Gasteiger charge is -2.12. The normalized spacial score (nSPS) is 15.0. The second-order valence-electron chi connectivity index (χ2n) is 6.03. The van der Waals surface area contributed by atoms with Gasteiger partial charge in [0.25, 0.3) is 0 Å². The monoisotopic (exact) mass is 287 g/mol. The number of aryl methyl sites for hydroxylation is 1. The molecule has 1 saturated carbocycles. The number of hydrogen-bond donors (Lipinski definition) is 1. The zero-order valence-corrected chi connectivity index (χ0v) is 12.5. The summed E-state index contributed by atoms with van der Waals surface area (Å²) in [5, 5.41) is 9.33. The molecule has 1 aromatic heterocycles. The number of carboxylic acid groups (broad SMARTS) is 1. The van der Waals surface area contributed by atoms with Crippen molar-refractivity contribution in [2.45, 2.75) is 31.7 Å². The van der Waals surface area contributed by atoms with Crippen LogP contribution in [0.2, 0.25) is 0 Å². The maximum Gasteiger partial charge on any atom is 0.337 e. The Kier molecular flexibility index (Phi) is 3.68. The van der Waals surface area contributed by atoms with Gasteiger partial charge in [0.1, 0.15) is 11.3 Å². The van der Waals surface area contributed by atoms with Crippen molar-refractivity contribution in [3.05, 3.63) is 29.6 Å². The first-order chi connectivity index (χ1) is 10.1. The second kappa shape index (κ2) is 5.48. The molecule has 3 rings (SSSR count). The molecule has 1 aliphatic carbocycles. The van der Waals surface area contributed by atoms with Gasteiger partial charge in [-0.1, -0.05) is 6.07 Å². The van der Waals surface area contributed by atoms with Gasteiger partial charge in [-0.3, -0.25) is 0 Å². The quantitative estimate of drug-likeness (QED) is 0.887. The summed E-state index contributed by atoms with van der Waals surface area (Å²) in [6.07, 6.45) is 3.37. The largest absolute Gasteiger partial charge is 0.478 e. The van der Waals surface area contributed by atoms with Crippen molar-refractivity contribution in [1.82, 2.24) is 14.5 Å². The summed E-state index contributed by atoms with van der Waals surface area (Å²) in [5.41, 5.74) is 1.90. The van der Waals surface area contributed by atoms with E-state index >= 15 is 0 Å². The Morgan fingerprint density at radius 2 is 2.19 bits per heavy atom. The molecule has 112 valence electrons. The van der Waals surface area contributed by atoms with Gasteiger partial charge in [0.05, 0.1) is 11.1 Å². The van der Waals surface area contributed by atoms with Crippen molar-refractivity contribution in [2.24, 2.45) is 0 Å². The number of nitrogens with zero attached hydrogens (tertiary/aromatic N) is 3. The van der Waals surface area contributed by atoms with E-state index in [2.05, 4.69) is 28.5 Å². The molecule has 5 heteroatoms. The van der Waals surface area contributed by atoms with E-state index in [1.807, 2.05) is 12.1 Å². The number of rotatable bonds is 6. The Balaban J connectivity index is 2.01. The maximum absolute atomic E-state index is 11.4. The molecule has 0 aliphatic heterocycles. The smallest absolute Gasteiger partial charge is 0.337 e. The van der Waals surface area contributed by atoms with Crippen molar-refractivity contribution in [3.8, 4) is 0 Å². The van der Waals surface area contributed by atoms with Crippen molar-refractivity contribution in [2.75, 3.05) is 20.6 Å². The highest BCUT2D eigenvalue weighted by Gasteiger charge is 2.30. The molecular weight excluding hydrogens is 266 g/mol. The first kappa shape index (κ1) is 14.1. The average molecular weight is 287 g/mol. The van der Waals surface area contributed by atoms with Crippen LogP contribution in [0.1, 0.15) is 41.4 Å². The highest BCUT2D eigenvalue weighted by Crippen LogP contribution is 2.41. The van der Waals surface area contributed by atoms with Crippen LogP contribution in [0.15, 0.2) is 18.2 Å². The first-order valence-electron chi connectivity index (χ1n) is 7.45. The van der Waals surface area contributed by atoms with Crippen molar-refractivity contribution in [1.29, 1.82) is 0 Å². The molecule has 0 unspecified atom stereocenters. The van der Waals surface area contributed by atoms with E-state index in [1.165, 1.54) is 12.8 Å². The van der Waals surface area contributed by atoms with E-state index in [0.29, 0.717) is 17.0 Å². The lowest BCUT2D eigenvalue weighted by molar-refractivity contribution is 0.0699. The van der Waals surface area contributed by atoms with Crippen LogP contribution in [-0.4, -0.2) is 46.2 Å². The maximum atomic E-state index is 11.4. The van der Waals surface area contributed by atoms with E-state index < -0.39 is 5.97 Å². The molecule has 1 aliphatic rings. The third-order valence-corrected chi connectivity index (χ3v) is 3.97. The average Bonchev–Trinajstić information content (AvgIpc) is 3.21. The van der Waals surface area contributed by atoms with Gasteiger partial charge in [-0.25, -0.2) is 9.78 Å². The van der Waals surface area contributed by atoms with Crippen LogP contribution in [0.4, 0.5) is 0 Å². The van der Waals surface area contributed by atoms with E-state index in [1.54, 1.807) is 6.07 Å². The van der Waals surface area contributed by atoms with Crippen molar-refractivity contribution in [3.63, 3.8) is 0 Å². The van der Waals surface area contributed by atoms with Crippen LogP contribution in [-0.2, 0) is 6.54 Å². The van der Waals surface area contributed by atoms with Gasteiger partial charge in [-0.05, 0) is 52.0 Å². The summed E-state index contributed by atoms with van der Waals surface area (Å²) in [6, 6.07) is 5.43. The molecular formula is C16H21N3O2. The van der Waals surface area contributed by atoms with Crippen LogP contribution >= 0.6 is 0 Å². The molecule has 21 heavy (non-hydrogen) atoms. The molecule has 0 radical (unpaired) electrons. The fraction of sp³-hybridized carbons (Fsp3) is 0.500. The Labute approximate surface area is 124 Å². The summed E-state index contributed by atoms with van der Waals surface area (Å²) < 4.78 is 2.23. The molecule has 0 spiro atoms. The van der Waals surface area contributed by atoms with Crippen LogP contribution in [0, 0.1) is 0 Å². The lowest BCUT2D eigenvalue weighted by Crippen LogP contribution is -2.15. The molecule has 0 amide bonds. The Bertz CT molecular complexity index is 671. The SMILES string of the molecule is CN(C)CCCn1c(C2CC2)nc2c(C(=O)O)cccc21. The number of para-hydroxylation sites is 1. The fourth-order valence-electron chi connectivity index (χ4n) is 2.77. The molecule has 1 N–H and O–H groups in total. The molecule has 1 fully saturated rings. The highest BCUT2D eigenvalue weighted by molar-refractivity contribution is 6.01. The van der Waals surface area contributed by atoms with E-state index in [9.17, 15) is 9.90 Å². The molecule has 5 nitrogen and oxygen atoms in total. The van der Waals surface area contributed by atoms with Crippen molar-refractivity contribution >= 4 is 17.0 Å². The first-order valence-corrected chi connectivity index (χ1v) is 7.45. The van der Waals surface area contributed by atoms with Gasteiger partial charge in [0.15, 0.2) is 0 Å². The predicted octanol–water partition coefficient (Wildman–Crippen LogP) is 2.56. The second-order valence-corrected chi connectivity index (χ2v) is 6.03. The van der Waals surface area contributed by atoms with Crippen molar-refractivity contribution < 1.29 is 9.90 Å². The summed E-state index contributed by atoms with van der Waals surface area (Å²) in [5.74, 6) is 0.678. The van der Waals surface area contributed by atoms with Gasteiger partial charge in [-0.2, -0.15) is 0 Å². The van der Waals surface area contributed by atoms with E-state index in [4.69, 9.17) is 0 Å². The Morgan fingerprint density at radius 1 is 1.43 bits per heavy atom. The Morgan fingerprint density at radius 3 is 2.81 bits per heavy atom. The number of imidazole rings is 1. The minimum absolute atomic E-state index is 0.306. The Hall–Kier alpha value is -1.88. The molecule has 1 heterocycles. The number of hydrogen-bond acceptors (Lipinski definition) is 3. The minimum atomic E-state index is -0.902. The topological polar surface area (TPSA) is 58.4 Å². The molecule has 0 saturated heterocycles. The lowest BCUT2D eigenvalue weighted by atomic mass is 10.2. The van der Waals surface area contributed by atoms with Crippen LogP contribution in [0.3, 0.4) is 0 Å². The zero-order valence-electron chi connectivity index (χ0n) is 12.5. The summed E-state index contributed by atoms with van der Waals surface area (Å²) in [7, 11) is 4.13. The molecule has 2 aromatic rings. The number of aromatic carboxylic acids is 1. The number of carboxylic acids is 1. The van der Waals surface area contributed by atoms with Gasteiger partial charge >= 0.3 is 5.97 Å². The molecule has 1 aromatic carbocycles.